The number of carboxylic acids is 1. The van der Waals surface area contributed by atoms with Crippen LogP contribution in [0.4, 0.5) is 0 Å². The predicted molar refractivity (Wildman–Crippen MR) is 76.2 cm³/mol. The maximum Gasteiger partial charge on any atom is 0.345 e. The van der Waals surface area contributed by atoms with Gasteiger partial charge >= 0.3 is 5.97 Å². The first-order chi connectivity index (χ1) is 9.58. The third kappa shape index (κ3) is 3.42. The van der Waals surface area contributed by atoms with Crippen molar-refractivity contribution in [2.75, 3.05) is 13.6 Å². The lowest BCUT2D eigenvalue weighted by molar-refractivity contribution is 0.0701. The Balaban J connectivity index is 1.96. The molecule has 104 valence electrons. The van der Waals surface area contributed by atoms with Crippen molar-refractivity contribution in [2.45, 2.75) is 6.42 Å². The van der Waals surface area contributed by atoms with Crippen molar-refractivity contribution in [1.82, 2.24) is 9.88 Å². The van der Waals surface area contributed by atoms with Gasteiger partial charge in [-0.05, 0) is 24.3 Å². The van der Waals surface area contributed by atoms with Gasteiger partial charge in [0.05, 0.1) is 4.88 Å². The minimum Gasteiger partial charge on any atom is -0.477 e. The van der Waals surface area contributed by atoms with E-state index in [1.54, 1.807) is 24.2 Å². The van der Waals surface area contributed by atoms with Crippen molar-refractivity contribution in [3.05, 3.63) is 52.0 Å². The summed E-state index contributed by atoms with van der Waals surface area (Å²) < 4.78 is 0. The molecule has 1 amide bonds. The molecular weight excluding hydrogens is 276 g/mol. The minimum atomic E-state index is -1.01. The Bertz CT molecular complexity index is 610. The van der Waals surface area contributed by atoms with Crippen LogP contribution >= 0.6 is 11.3 Å². The lowest BCUT2D eigenvalue weighted by Gasteiger charge is -2.15. The molecule has 6 heteroatoms. The first-order valence-corrected chi connectivity index (χ1v) is 6.88. The van der Waals surface area contributed by atoms with E-state index in [1.807, 2.05) is 18.2 Å². The number of pyridine rings is 1. The molecule has 0 saturated carbocycles. The van der Waals surface area contributed by atoms with E-state index in [9.17, 15) is 9.59 Å². The second-order valence-electron chi connectivity index (χ2n) is 4.27. The fraction of sp³-hybridized carbons (Fsp3) is 0.214. The lowest BCUT2D eigenvalue weighted by atomic mass is 10.2. The van der Waals surface area contributed by atoms with Gasteiger partial charge in [-0.2, -0.15) is 0 Å². The molecule has 5 nitrogen and oxygen atoms in total. The zero-order valence-electron chi connectivity index (χ0n) is 10.9. The minimum absolute atomic E-state index is 0.168. The third-order valence-corrected chi connectivity index (χ3v) is 3.86. The summed E-state index contributed by atoms with van der Waals surface area (Å²) in [5.74, 6) is -1.18. The molecule has 0 aliphatic rings. The van der Waals surface area contributed by atoms with Crippen LogP contribution in [-0.4, -0.2) is 40.5 Å². The predicted octanol–water partition coefficient (Wildman–Crippen LogP) is 2.16. The molecule has 1 N–H and O–H groups in total. The highest BCUT2D eigenvalue weighted by molar-refractivity contribution is 7.15. The molecule has 0 bridgehead atoms. The van der Waals surface area contributed by atoms with Crippen LogP contribution in [-0.2, 0) is 6.42 Å². The van der Waals surface area contributed by atoms with E-state index in [1.165, 1.54) is 6.07 Å². The highest BCUT2D eigenvalue weighted by atomic mass is 32.1. The molecule has 0 atom stereocenters. The highest BCUT2D eigenvalue weighted by Crippen LogP contribution is 2.18. The molecule has 0 fully saturated rings. The largest absolute Gasteiger partial charge is 0.477 e. The standard InChI is InChI=1S/C14H14N2O3S/c1-16(9-7-10-4-2-3-8-15-10)13(17)11-5-6-12(20-11)14(18)19/h2-6,8H,7,9H2,1H3,(H,18,19). The van der Waals surface area contributed by atoms with Crippen LogP contribution in [0.15, 0.2) is 36.5 Å². The van der Waals surface area contributed by atoms with Crippen molar-refractivity contribution in [1.29, 1.82) is 0 Å². The number of rotatable bonds is 5. The maximum atomic E-state index is 12.1. The number of likely N-dealkylation sites (N-methyl/N-ethyl adjacent to an activating group) is 1. The van der Waals surface area contributed by atoms with Gasteiger partial charge in [-0.1, -0.05) is 6.07 Å². The Morgan fingerprint density at radius 1 is 1.25 bits per heavy atom. The average molecular weight is 290 g/mol. The van der Waals surface area contributed by atoms with Crippen LogP contribution in [0.3, 0.4) is 0 Å². The quantitative estimate of drug-likeness (QED) is 0.916. The molecule has 0 aliphatic carbocycles. The molecule has 0 aliphatic heterocycles. The fourth-order valence-corrected chi connectivity index (χ4v) is 2.53. The second kappa shape index (κ2) is 6.29. The van der Waals surface area contributed by atoms with Crippen molar-refractivity contribution in [2.24, 2.45) is 0 Å². The molecule has 2 aromatic heterocycles. The molecule has 2 rings (SSSR count). The van der Waals surface area contributed by atoms with Crippen LogP contribution in [0.25, 0.3) is 0 Å². The van der Waals surface area contributed by atoms with Gasteiger partial charge in [-0.15, -0.1) is 11.3 Å². The Kier molecular flexibility index (Phi) is 4.47. The Labute approximate surface area is 120 Å². The number of carbonyl (C=O) groups excluding carboxylic acids is 1. The van der Waals surface area contributed by atoms with Gasteiger partial charge in [0.1, 0.15) is 4.88 Å². The first-order valence-electron chi connectivity index (χ1n) is 6.06. The van der Waals surface area contributed by atoms with Gasteiger partial charge in [0.15, 0.2) is 0 Å². The zero-order valence-corrected chi connectivity index (χ0v) is 11.8. The number of carbonyl (C=O) groups is 2. The van der Waals surface area contributed by atoms with Gasteiger partial charge in [0, 0.05) is 31.9 Å². The highest BCUT2D eigenvalue weighted by Gasteiger charge is 2.16. The van der Waals surface area contributed by atoms with Gasteiger partial charge in [0.2, 0.25) is 0 Å². The number of hydrogen-bond donors (Lipinski definition) is 1. The third-order valence-electron chi connectivity index (χ3n) is 2.80. The smallest absolute Gasteiger partial charge is 0.345 e. The second-order valence-corrected chi connectivity index (χ2v) is 5.35. The molecule has 0 unspecified atom stereocenters. The van der Waals surface area contributed by atoms with Crippen molar-refractivity contribution in [3.8, 4) is 0 Å². The lowest BCUT2D eigenvalue weighted by Crippen LogP contribution is -2.28. The van der Waals surface area contributed by atoms with Crippen LogP contribution in [0.1, 0.15) is 25.0 Å². The number of thiophene rings is 1. The normalized spacial score (nSPS) is 10.2. The summed E-state index contributed by atoms with van der Waals surface area (Å²) in [6.45, 7) is 0.538. The van der Waals surface area contributed by atoms with Crippen molar-refractivity contribution in [3.63, 3.8) is 0 Å². The van der Waals surface area contributed by atoms with Crippen molar-refractivity contribution < 1.29 is 14.7 Å². The summed E-state index contributed by atoms with van der Waals surface area (Å²) in [7, 11) is 1.70. The number of amides is 1. The molecule has 0 saturated heterocycles. The zero-order chi connectivity index (χ0) is 14.5. The van der Waals surface area contributed by atoms with Crippen molar-refractivity contribution >= 4 is 23.2 Å². The van der Waals surface area contributed by atoms with E-state index in [0.717, 1.165) is 17.0 Å². The topological polar surface area (TPSA) is 70.5 Å². The number of aromatic carboxylic acids is 1. The maximum absolute atomic E-state index is 12.1. The van der Waals surface area contributed by atoms with E-state index in [4.69, 9.17) is 5.11 Å². The summed E-state index contributed by atoms with van der Waals surface area (Å²) in [5, 5.41) is 8.85. The molecule has 2 aromatic rings. The number of nitrogens with zero attached hydrogens (tertiary/aromatic N) is 2. The Hall–Kier alpha value is -2.21. The summed E-state index contributed by atoms with van der Waals surface area (Å²) >= 11 is 0.993. The number of hydrogen-bond acceptors (Lipinski definition) is 4. The van der Waals surface area contributed by atoms with Crippen LogP contribution in [0.5, 0.6) is 0 Å². The van der Waals surface area contributed by atoms with Gasteiger partial charge in [0.25, 0.3) is 5.91 Å². The fourth-order valence-electron chi connectivity index (χ4n) is 1.69. The summed E-state index contributed by atoms with van der Waals surface area (Å²) in [6, 6.07) is 8.66. The molecule has 20 heavy (non-hydrogen) atoms. The van der Waals surface area contributed by atoms with E-state index >= 15 is 0 Å². The Morgan fingerprint density at radius 2 is 2.00 bits per heavy atom. The molecule has 0 spiro atoms. The van der Waals surface area contributed by atoms with Gasteiger partial charge in [-0.3, -0.25) is 9.78 Å². The summed E-state index contributed by atoms with van der Waals surface area (Å²) in [5.41, 5.74) is 0.921. The number of carboxylic acid groups (broad SMARTS) is 1. The summed E-state index contributed by atoms with van der Waals surface area (Å²) in [4.78, 5) is 29.3. The summed E-state index contributed by atoms with van der Waals surface area (Å²) in [6.07, 6.45) is 2.38. The van der Waals surface area contributed by atoms with E-state index in [0.29, 0.717) is 17.8 Å². The van der Waals surface area contributed by atoms with E-state index in [2.05, 4.69) is 4.98 Å². The van der Waals surface area contributed by atoms with E-state index < -0.39 is 5.97 Å². The van der Waals surface area contributed by atoms with Crippen LogP contribution in [0.2, 0.25) is 0 Å². The molecule has 2 heterocycles. The van der Waals surface area contributed by atoms with Gasteiger partial charge < -0.3 is 10.0 Å². The average Bonchev–Trinajstić information content (AvgIpc) is 2.95. The molecular formula is C14H14N2O3S. The molecule has 0 radical (unpaired) electrons. The SMILES string of the molecule is CN(CCc1ccccn1)C(=O)c1ccc(C(=O)O)s1. The molecule has 0 aromatic carbocycles. The van der Waals surface area contributed by atoms with Crippen LogP contribution in [0, 0.1) is 0 Å². The van der Waals surface area contributed by atoms with E-state index in [-0.39, 0.29) is 10.8 Å². The monoisotopic (exact) mass is 290 g/mol. The Morgan fingerprint density at radius 3 is 2.60 bits per heavy atom. The van der Waals surface area contributed by atoms with Gasteiger partial charge in [-0.25, -0.2) is 4.79 Å². The number of aromatic nitrogens is 1. The first kappa shape index (κ1) is 14.2. The van der Waals surface area contributed by atoms with Crippen LogP contribution < -0.4 is 0 Å².